The van der Waals surface area contributed by atoms with Gasteiger partial charge in [0.25, 0.3) is 0 Å². The summed E-state index contributed by atoms with van der Waals surface area (Å²) in [6, 6.07) is 14.4. The number of benzene rings is 2. The molecule has 0 bridgehead atoms. The summed E-state index contributed by atoms with van der Waals surface area (Å²) in [5, 5.41) is 12.5. The maximum absolute atomic E-state index is 11.5. The SMILES string of the molecule is C=CCOc1ccc(CN[C@H](Cc2ccccc2)C(=O)O)cc1OC. The van der Waals surface area contributed by atoms with Gasteiger partial charge in [0.05, 0.1) is 7.11 Å². The first-order chi connectivity index (χ1) is 12.1. The number of hydrogen-bond donors (Lipinski definition) is 2. The highest BCUT2D eigenvalue weighted by Gasteiger charge is 2.17. The third kappa shape index (κ3) is 5.65. The number of rotatable bonds is 10. The Bertz CT molecular complexity index is 700. The average Bonchev–Trinajstić information content (AvgIpc) is 2.64. The predicted octanol–water partition coefficient (Wildman–Crippen LogP) is 3.05. The van der Waals surface area contributed by atoms with Gasteiger partial charge in [0, 0.05) is 6.54 Å². The summed E-state index contributed by atoms with van der Waals surface area (Å²) in [6.45, 7) is 4.43. The van der Waals surface area contributed by atoms with E-state index < -0.39 is 12.0 Å². The number of aliphatic carboxylic acids is 1. The Kier molecular flexibility index (Phi) is 7.04. The molecule has 0 unspecified atom stereocenters. The van der Waals surface area contributed by atoms with Gasteiger partial charge in [-0.1, -0.05) is 49.1 Å². The van der Waals surface area contributed by atoms with E-state index in [0.717, 1.165) is 11.1 Å². The Morgan fingerprint density at radius 3 is 2.60 bits per heavy atom. The molecule has 1 atom stereocenters. The van der Waals surface area contributed by atoms with Crippen molar-refractivity contribution in [2.45, 2.75) is 19.0 Å². The third-order valence-electron chi connectivity index (χ3n) is 3.72. The lowest BCUT2D eigenvalue weighted by Gasteiger charge is -2.16. The minimum Gasteiger partial charge on any atom is -0.493 e. The maximum Gasteiger partial charge on any atom is 0.321 e. The molecule has 0 saturated heterocycles. The van der Waals surface area contributed by atoms with Crippen LogP contribution in [0.1, 0.15) is 11.1 Å². The quantitative estimate of drug-likeness (QED) is 0.650. The number of carboxylic acid groups (broad SMARTS) is 1. The highest BCUT2D eigenvalue weighted by molar-refractivity contribution is 5.73. The molecule has 0 radical (unpaired) electrons. The van der Waals surface area contributed by atoms with Gasteiger partial charge >= 0.3 is 5.97 Å². The van der Waals surface area contributed by atoms with Crippen LogP contribution in [0.2, 0.25) is 0 Å². The van der Waals surface area contributed by atoms with Gasteiger partial charge < -0.3 is 19.9 Å². The highest BCUT2D eigenvalue weighted by Crippen LogP contribution is 2.28. The molecule has 0 saturated carbocycles. The van der Waals surface area contributed by atoms with Crippen molar-refractivity contribution in [2.75, 3.05) is 13.7 Å². The molecule has 2 rings (SSSR count). The van der Waals surface area contributed by atoms with Gasteiger partial charge in [-0.3, -0.25) is 4.79 Å². The largest absolute Gasteiger partial charge is 0.493 e. The summed E-state index contributed by atoms with van der Waals surface area (Å²) in [7, 11) is 1.57. The van der Waals surface area contributed by atoms with Crippen molar-refractivity contribution in [3.8, 4) is 11.5 Å². The number of nitrogens with one attached hydrogen (secondary N) is 1. The monoisotopic (exact) mass is 341 g/mol. The van der Waals surface area contributed by atoms with Crippen LogP contribution in [0.3, 0.4) is 0 Å². The summed E-state index contributed by atoms with van der Waals surface area (Å²) in [4.78, 5) is 11.5. The molecule has 5 heteroatoms. The van der Waals surface area contributed by atoms with Crippen LogP contribution >= 0.6 is 0 Å². The van der Waals surface area contributed by atoms with Crippen molar-refractivity contribution >= 4 is 5.97 Å². The molecule has 132 valence electrons. The van der Waals surface area contributed by atoms with Crippen LogP contribution in [-0.2, 0) is 17.8 Å². The maximum atomic E-state index is 11.5. The van der Waals surface area contributed by atoms with Crippen LogP contribution in [0.5, 0.6) is 11.5 Å². The zero-order valence-electron chi connectivity index (χ0n) is 14.3. The second-order valence-electron chi connectivity index (χ2n) is 5.55. The summed E-state index contributed by atoms with van der Waals surface area (Å²) in [6.07, 6.45) is 2.09. The number of carbonyl (C=O) groups is 1. The molecule has 2 aromatic rings. The highest BCUT2D eigenvalue weighted by atomic mass is 16.5. The van der Waals surface area contributed by atoms with Crippen LogP contribution in [0.15, 0.2) is 61.2 Å². The molecule has 0 heterocycles. The van der Waals surface area contributed by atoms with Crippen LogP contribution < -0.4 is 14.8 Å². The molecule has 5 nitrogen and oxygen atoms in total. The minimum atomic E-state index is -0.873. The van der Waals surface area contributed by atoms with E-state index in [1.807, 2.05) is 48.5 Å². The van der Waals surface area contributed by atoms with Crippen molar-refractivity contribution in [3.05, 3.63) is 72.3 Å². The van der Waals surface area contributed by atoms with E-state index in [4.69, 9.17) is 9.47 Å². The molecule has 0 fully saturated rings. The molecule has 0 aliphatic rings. The zero-order chi connectivity index (χ0) is 18.1. The van der Waals surface area contributed by atoms with Crippen LogP contribution in [0.25, 0.3) is 0 Å². The Hall–Kier alpha value is -2.79. The first-order valence-electron chi connectivity index (χ1n) is 8.04. The predicted molar refractivity (Wildman–Crippen MR) is 97.1 cm³/mol. The fourth-order valence-corrected chi connectivity index (χ4v) is 2.43. The van der Waals surface area contributed by atoms with E-state index in [9.17, 15) is 9.90 Å². The minimum absolute atomic E-state index is 0.395. The lowest BCUT2D eigenvalue weighted by molar-refractivity contribution is -0.139. The molecule has 2 N–H and O–H groups in total. The molecule has 2 aromatic carbocycles. The van der Waals surface area contributed by atoms with Gasteiger partial charge in [0.2, 0.25) is 0 Å². The normalized spacial score (nSPS) is 11.6. The Labute approximate surface area is 147 Å². The average molecular weight is 341 g/mol. The standard InChI is InChI=1S/C20H23NO4/c1-3-11-25-18-10-9-16(13-19(18)24-2)14-21-17(20(22)23)12-15-7-5-4-6-8-15/h3-10,13,17,21H,1,11-12,14H2,2H3,(H,22,23)/t17-/m1/s1. The summed E-state index contributed by atoms with van der Waals surface area (Å²) in [5.74, 6) is 0.364. The molecule has 0 aromatic heterocycles. The number of hydrogen-bond acceptors (Lipinski definition) is 4. The van der Waals surface area contributed by atoms with E-state index in [1.165, 1.54) is 0 Å². The smallest absolute Gasteiger partial charge is 0.321 e. The van der Waals surface area contributed by atoms with E-state index in [-0.39, 0.29) is 0 Å². The first kappa shape index (κ1) is 18.5. The van der Waals surface area contributed by atoms with Gasteiger partial charge in [-0.05, 0) is 29.7 Å². The van der Waals surface area contributed by atoms with Crippen LogP contribution in [0.4, 0.5) is 0 Å². The van der Waals surface area contributed by atoms with Gasteiger partial charge in [0.15, 0.2) is 11.5 Å². The van der Waals surface area contributed by atoms with Gasteiger partial charge in [-0.2, -0.15) is 0 Å². The third-order valence-corrected chi connectivity index (χ3v) is 3.72. The molecule has 0 aliphatic heterocycles. The molecule has 0 aliphatic carbocycles. The van der Waals surface area contributed by atoms with Crippen molar-refractivity contribution < 1.29 is 19.4 Å². The lowest BCUT2D eigenvalue weighted by Crippen LogP contribution is -2.38. The van der Waals surface area contributed by atoms with Crippen LogP contribution in [-0.4, -0.2) is 30.8 Å². The van der Waals surface area contributed by atoms with Crippen molar-refractivity contribution in [2.24, 2.45) is 0 Å². The Balaban J connectivity index is 2.02. The van der Waals surface area contributed by atoms with Crippen LogP contribution in [0, 0.1) is 0 Å². The summed E-state index contributed by atoms with van der Waals surface area (Å²) >= 11 is 0. The lowest BCUT2D eigenvalue weighted by atomic mass is 10.1. The molecular weight excluding hydrogens is 318 g/mol. The van der Waals surface area contributed by atoms with Gasteiger partial charge in [-0.25, -0.2) is 0 Å². The Morgan fingerprint density at radius 2 is 1.96 bits per heavy atom. The first-order valence-corrected chi connectivity index (χ1v) is 8.04. The number of methoxy groups -OCH3 is 1. The molecule has 25 heavy (non-hydrogen) atoms. The summed E-state index contributed by atoms with van der Waals surface area (Å²) in [5.41, 5.74) is 1.90. The molecule has 0 amide bonds. The fourth-order valence-electron chi connectivity index (χ4n) is 2.43. The fraction of sp³-hybridized carbons (Fsp3) is 0.250. The summed E-state index contributed by atoms with van der Waals surface area (Å²) < 4.78 is 10.8. The molecule has 0 spiro atoms. The second-order valence-corrected chi connectivity index (χ2v) is 5.55. The van der Waals surface area contributed by atoms with E-state index in [0.29, 0.717) is 31.1 Å². The van der Waals surface area contributed by atoms with E-state index >= 15 is 0 Å². The Morgan fingerprint density at radius 1 is 1.20 bits per heavy atom. The number of carboxylic acids is 1. The van der Waals surface area contributed by atoms with E-state index in [2.05, 4.69) is 11.9 Å². The van der Waals surface area contributed by atoms with Gasteiger partial charge in [0.1, 0.15) is 12.6 Å². The zero-order valence-corrected chi connectivity index (χ0v) is 14.3. The van der Waals surface area contributed by atoms with Crippen molar-refractivity contribution in [3.63, 3.8) is 0 Å². The van der Waals surface area contributed by atoms with Crippen molar-refractivity contribution in [1.82, 2.24) is 5.32 Å². The second kappa shape index (κ2) is 9.49. The van der Waals surface area contributed by atoms with Gasteiger partial charge in [-0.15, -0.1) is 0 Å². The van der Waals surface area contributed by atoms with Crippen molar-refractivity contribution in [1.29, 1.82) is 0 Å². The number of ether oxygens (including phenoxy) is 2. The molecular formula is C20H23NO4. The van der Waals surface area contributed by atoms with E-state index in [1.54, 1.807) is 13.2 Å². The topological polar surface area (TPSA) is 67.8 Å².